The molecule has 1 aliphatic heterocycles. The van der Waals surface area contributed by atoms with E-state index in [1.807, 2.05) is 22.8 Å². The number of pyridine rings is 1. The SMILES string of the molecule is Cc1cc(C(=O)O)cc(-c2cnn(C)c2OCCC[C@@H](C)Cn2c(N)nc3ccc(C4OCCO4)cc32)n1. The van der Waals surface area contributed by atoms with Crippen LogP contribution in [0.4, 0.5) is 5.95 Å². The molecule has 11 nitrogen and oxygen atoms in total. The van der Waals surface area contributed by atoms with Gasteiger partial charge in [0, 0.05) is 24.8 Å². The minimum atomic E-state index is -1.00. The summed E-state index contributed by atoms with van der Waals surface area (Å²) in [7, 11) is 1.79. The molecule has 3 aromatic heterocycles. The van der Waals surface area contributed by atoms with Crippen molar-refractivity contribution in [2.24, 2.45) is 13.0 Å². The fraction of sp³-hybridized carbons (Fsp3) is 0.407. The number of carboxylic acid groups (broad SMARTS) is 1. The number of carbonyl (C=O) groups is 1. The van der Waals surface area contributed by atoms with Crippen LogP contribution < -0.4 is 10.5 Å². The lowest BCUT2D eigenvalue weighted by Gasteiger charge is -2.16. The minimum absolute atomic E-state index is 0.179. The molecule has 1 aliphatic rings. The van der Waals surface area contributed by atoms with Gasteiger partial charge in [-0.3, -0.25) is 4.98 Å². The Morgan fingerprint density at radius 2 is 2.03 bits per heavy atom. The molecule has 0 unspecified atom stereocenters. The van der Waals surface area contributed by atoms with E-state index >= 15 is 0 Å². The van der Waals surface area contributed by atoms with E-state index in [4.69, 9.17) is 19.9 Å². The summed E-state index contributed by atoms with van der Waals surface area (Å²) in [6.45, 7) is 6.33. The van der Waals surface area contributed by atoms with Gasteiger partial charge in [0.25, 0.3) is 0 Å². The van der Waals surface area contributed by atoms with Crippen LogP contribution in [-0.2, 0) is 23.1 Å². The molecule has 1 fully saturated rings. The predicted molar refractivity (Wildman–Crippen MR) is 141 cm³/mol. The highest BCUT2D eigenvalue weighted by Gasteiger charge is 2.21. The molecule has 0 spiro atoms. The molecule has 4 aromatic rings. The summed E-state index contributed by atoms with van der Waals surface area (Å²) in [6, 6.07) is 9.05. The number of imidazole rings is 1. The number of aromatic nitrogens is 5. The molecule has 200 valence electrons. The van der Waals surface area contributed by atoms with E-state index in [0.29, 0.717) is 54.5 Å². The second kappa shape index (κ2) is 10.8. The summed E-state index contributed by atoms with van der Waals surface area (Å²) in [5.74, 6) is 0.364. The fourth-order valence-electron chi connectivity index (χ4n) is 4.75. The zero-order chi connectivity index (χ0) is 26.8. The van der Waals surface area contributed by atoms with Crippen molar-refractivity contribution in [2.75, 3.05) is 25.6 Å². The maximum absolute atomic E-state index is 11.5. The van der Waals surface area contributed by atoms with E-state index in [0.717, 1.165) is 36.0 Å². The minimum Gasteiger partial charge on any atom is -0.478 e. The van der Waals surface area contributed by atoms with Crippen LogP contribution in [0, 0.1) is 12.8 Å². The zero-order valence-corrected chi connectivity index (χ0v) is 21.8. The normalized spacial score (nSPS) is 14.8. The van der Waals surface area contributed by atoms with Gasteiger partial charge >= 0.3 is 5.97 Å². The number of carboxylic acids is 1. The van der Waals surface area contributed by atoms with Gasteiger partial charge in [0.15, 0.2) is 6.29 Å². The summed E-state index contributed by atoms with van der Waals surface area (Å²) >= 11 is 0. The second-order valence-electron chi connectivity index (χ2n) is 9.67. The number of nitrogen functional groups attached to an aromatic ring is 1. The van der Waals surface area contributed by atoms with E-state index in [2.05, 4.69) is 22.0 Å². The number of nitrogens with two attached hydrogens (primary N) is 1. The first kappa shape index (κ1) is 25.7. The van der Waals surface area contributed by atoms with Crippen LogP contribution >= 0.6 is 0 Å². The average molecular weight is 521 g/mol. The molecule has 5 rings (SSSR count). The number of hydrogen-bond acceptors (Lipinski definition) is 8. The van der Waals surface area contributed by atoms with Gasteiger partial charge in [0.1, 0.15) is 0 Å². The predicted octanol–water partition coefficient (Wildman–Crippen LogP) is 3.96. The first-order valence-electron chi connectivity index (χ1n) is 12.7. The topological polar surface area (TPSA) is 140 Å². The smallest absolute Gasteiger partial charge is 0.335 e. The van der Waals surface area contributed by atoms with Crippen LogP contribution in [0.3, 0.4) is 0 Å². The highest BCUT2D eigenvalue weighted by Crippen LogP contribution is 2.30. The van der Waals surface area contributed by atoms with E-state index in [1.165, 1.54) is 12.1 Å². The van der Waals surface area contributed by atoms with Gasteiger partial charge in [-0.2, -0.15) is 5.10 Å². The number of fused-ring (bicyclic) bond motifs is 1. The quantitative estimate of drug-likeness (QED) is 0.297. The first-order chi connectivity index (χ1) is 18.3. The van der Waals surface area contributed by atoms with E-state index in [1.54, 1.807) is 24.9 Å². The Kier molecular flexibility index (Phi) is 7.30. The Hall–Kier alpha value is -3.96. The van der Waals surface area contributed by atoms with Gasteiger partial charge in [-0.25, -0.2) is 14.5 Å². The Morgan fingerprint density at radius 1 is 1.24 bits per heavy atom. The van der Waals surface area contributed by atoms with Crippen LogP contribution in [-0.4, -0.2) is 55.2 Å². The third-order valence-corrected chi connectivity index (χ3v) is 6.63. The number of aromatic carboxylic acids is 1. The van der Waals surface area contributed by atoms with Crippen LogP contribution in [0.5, 0.6) is 5.88 Å². The second-order valence-corrected chi connectivity index (χ2v) is 9.67. The lowest BCUT2D eigenvalue weighted by Crippen LogP contribution is -2.12. The molecule has 1 atom stereocenters. The van der Waals surface area contributed by atoms with Crippen molar-refractivity contribution in [3.8, 4) is 17.1 Å². The summed E-state index contributed by atoms with van der Waals surface area (Å²) < 4.78 is 21.1. The monoisotopic (exact) mass is 520 g/mol. The molecular formula is C27H32N6O5. The number of nitrogens with zero attached hydrogens (tertiary/aromatic N) is 5. The van der Waals surface area contributed by atoms with Crippen LogP contribution in [0.1, 0.15) is 47.7 Å². The van der Waals surface area contributed by atoms with Crippen LogP contribution in [0.2, 0.25) is 0 Å². The Balaban J connectivity index is 1.22. The van der Waals surface area contributed by atoms with Crippen molar-refractivity contribution < 1.29 is 24.1 Å². The van der Waals surface area contributed by atoms with Crippen molar-refractivity contribution in [1.29, 1.82) is 0 Å². The molecule has 3 N–H and O–H groups in total. The lowest BCUT2D eigenvalue weighted by atomic mass is 10.1. The summed E-state index contributed by atoms with van der Waals surface area (Å²) in [5.41, 5.74) is 11.0. The molecule has 0 aliphatic carbocycles. The maximum atomic E-state index is 11.5. The maximum Gasteiger partial charge on any atom is 0.335 e. The average Bonchev–Trinajstić information content (AvgIpc) is 3.61. The number of ether oxygens (including phenoxy) is 3. The van der Waals surface area contributed by atoms with Gasteiger partial charge in [-0.1, -0.05) is 13.0 Å². The molecular weight excluding hydrogens is 488 g/mol. The van der Waals surface area contributed by atoms with Gasteiger partial charge < -0.3 is 29.6 Å². The number of hydrogen-bond donors (Lipinski definition) is 2. The Labute approximate surface area is 220 Å². The van der Waals surface area contributed by atoms with Crippen molar-refractivity contribution in [1.82, 2.24) is 24.3 Å². The molecule has 38 heavy (non-hydrogen) atoms. The Bertz CT molecular complexity index is 1460. The molecule has 1 aromatic carbocycles. The van der Waals surface area contributed by atoms with Crippen molar-refractivity contribution in [3.63, 3.8) is 0 Å². The molecule has 11 heteroatoms. The number of anilines is 1. The molecule has 4 heterocycles. The third kappa shape index (κ3) is 5.34. The highest BCUT2D eigenvalue weighted by molar-refractivity contribution is 5.89. The van der Waals surface area contributed by atoms with Gasteiger partial charge in [0.05, 0.1) is 53.9 Å². The summed E-state index contributed by atoms with van der Waals surface area (Å²) in [5, 5.41) is 13.7. The van der Waals surface area contributed by atoms with Gasteiger partial charge in [0.2, 0.25) is 11.8 Å². The summed E-state index contributed by atoms with van der Waals surface area (Å²) in [4.78, 5) is 20.5. The standard InChI is InChI=1S/C27H32N6O5/c1-16(15-33-23-13-18(26-37-9-10-38-26)6-7-21(23)31-27(33)28)5-4-8-36-24-20(14-29-32(24)3)22-12-19(25(34)35)11-17(2)30-22/h6-7,11-14,16,26H,4-5,8-10,15H2,1-3H3,(H2,28,31)(H,34,35)/t16-/m1/s1. The molecule has 0 saturated carbocycles. The number of rotatable bonds is 10. The number of aryl methyl sites for hydroxylation is 2. The number of benzene rings is 1. The highest BCUT2D eigenvalue weighted by atomic mass is 16.7. The van der Waals surface area contributed by atoms with Crippen LogP contribution in [0.15, 0.2) is 36.5 Å². The first-order valence-corrected chi connectivity index (χ1v) is 12.7. The van der Waals surface area contributed by atoms with Crippen molar-refractivity contribution in [3.05, 3.63) is 53.3 Å². The molecule has 0 bridgehead atoms. The third-order valence-electron chi connectivity index (χ3n) is 6.63. The lowest BCUT2D eigenvalue weighted by molar-refractivity contribution is -0.0440. The van der Waals surface area contributed by atoms with Gasteiger partial charge in [-0.15, -0.1) is 0 Å². The van der Waals surface area contributed by atoms with E-state index < -0.39 is 5.97 Å². The van der Waals surface area contributed by atoms with Crippen molar-refractivity contribution >= 4 is 23.0 Å². The van der Waals surface area contributed by atoms with Crippen LogP contribution in [0.25, 0.3) is 22.3 Å². The molecule has 0 amide bonds. The molecule has 1 saturated heterocycles. The summed E-state index contributed by atoms with van der Waals surface area (Å²) in [6.07, 6.45) is 3.02. The largest absolute Gasteiger partial charge is 0.478 e. The van der Waals surface area contributed by atoms with E-state index in [9.17, 15) is 9.90 Å². The molecule has 0 radical (unpaired) electrons. The fourth-order valence-corrected chi connectivity index (χ4v) is 4.75. The van der Waals surface area contributed by atoms with Gasteiger partial charge in [-0.05, 0) is 49.9 Å². The Morgan fingerprint density at radius 3 is 2.79 bits per heavy atom. The van der Waals surface area contributed by atoms with E-state index in [-0.39, 0.29) is 11.9 Å². The zero-order valence-electron chi connectivity index (χ0n) is 21.8. The van der Waals surface area contributed by atoms with Crippen molar-refractivity contribution in [2.45, 2.75) is 39.5 Å².